The van der Waals surface area contributed by atoms with Gasteiger partial charge in [0.1, 0.15) is 0 Å². The molecule has 202 valence electrons. The van der Waals surface area contributed by atoms with Gasteiger partial charge in [0.25, 0.3) is 0 Å². The number of phenolic OH excluding ortho intramolecular Hbond substituents is 1. The molecular weight excluding hydrogens is 589 g/mol. The van der Waals surface area contributed by atoms with Gasteiger partial charge in [0.15, 0.2) is 17.6 Å². The number of phenols is 1. The van der Waals surface area contributed by atoms with Crippen LogP contribution in [0.3, 0.4) is 0 Å². The normalized spacial score (nSPS) is 30.9. The molecule has 1 aromatic heterocycles. The first-order valence-electron chi connectivity index (χ1n) is 14.1. The van der Waals surface area contributed by atoms with Crippen molar-refractivity contribution in [2.75, 3.05) is 40.8 Å². The van der Waals surface area contributed by atoms with Gasteiger partial charge >= 0.3 is 0 Å². The van der Waals surface area contributed by atoms with Gasteiger partial charge in [-0.1, -0.05) is 12.1 Å². The third-order valence-electron chi connectivity index (χ3n) is 10.3. The fourth-order valence-electron chi connectivity index (χ4n) is 8.29. The highest BCUT2D eigenvalue weighted by molar-refractivity contribution is 5.87. The number of aromatic amines is 1. The minimum atomic E-state index is -0.933. The Bertz CT molecular complexity index is 1460. The van der Waals surface area contributed by atoms with Gasteiger partial charge < -0.3 is 48.4 Å². The first kappa shape index (κ1) is 25.2. The van der Waals surface area contributed by atoms with Crippen molar-refractivity contribution in [3.05, 3.63) is 58.3 Å². The summed E-state index contributed by atoms with van der Waals surface area (Å²) in [5.74, 6) is 1.58. The van der Waals surface area contributed by atoms with Gasteiger partial charge in [-0.15, -0.1) is 0 Å². The molecule has 1 saturated heterocycles. The van der Waals surface area contributed by atoms with E-state index in [0.29, 0.717) is 12.2 Å². The van der Waals surface area contributed by atoms with Crippen LogP contribution in [0.5, 0.6) is 11.5 Å². The van der Waals surface area contributed by atoms with E-state index in [-0.39, 0.29) is 41.9 Å². The maximum atomic E-state index is 13.0. The van der Waals surface area contributed by atoms with Crippen LogP contribution in [0, 0.1) is 5.92 Å². The highest BCUT2D eigenvalue weighted by Crippen LogP contribution is 2.69. The number of nitrogens with one attached hydrogen (secondary N) is 1. The van der Waals surface area contributed by atoms with Crippen molar-refractivity contribution in [3.63, 3.8) is 0 Å². The van der Waals surface area contributed by atoms with E-state index in [1.165, 1.54) is 34.9 Å². The van der Waals surface area contributed by atoms with Gasteiger partial charge in [-0.25, -0.2) is 0 Å². The topological polar surface area (TPSA) is 68.7 Å². The molecule has 6 nitrogen and oxygen atoms in total. The zero-order chi connectivity index (χ0) is 25.3. The number of fused-ring (bicyclic) bond motifs is 4. The Morgan fingerprint density at radius 3 is 2.74 bits per heavy atom. The van der Waals surface area contributed by atoms with Crippen LogP contribution in [0.4, 0.5) is 0 Å². The fourth-order valence-corrected chi connectivity index (χ4v) is 8.29. The highest BCUT2D eigenvalue weighted by Gasteiger charge is 2.72. The molecule has 1 saturated carbocycles. The zero-order valence-electron chi connectivity index (χ0n) is 22.6. The Morgan fingerprint density at radius 2 is 1.97 bits per heavy atom. The molecule has 2 aliphatic heterocycles. The summed E-state index contributed by atoms with van der Waals surface area (Å²) in [6.07, 6.45) is 5.64. The average molecular weight is 628 g/mol. The van der Waals surface area contributed by atoms with Crippen LogP contribution in [0.1, 0.15) is 53.3 Å². The number of hydrogen-bond donors (Lipinski definition) is 3. The number of aromatic hydroxyl groups is 1. The lowest BCUT2D eigenvalue weighted by atomic mass is 9.49. The lowest BCUT2D eigenvalue weighted by Crippen LogP contribution is -3.00. The van der Waals surface area contributed by atoms with Crippen LogP contribution in [0.15, 0.2) is 30.3 Å². The molecule has 2 fully saturated rings. The van der Waals surface area contributed by atoms with Crippen LogP contribution < -0.4 is 28.7 Å². The number of H-pyrrole nitrogens is 1. The van der Waals surface area contributed by atoms with Gasteiger partial charge in [-0.2, -0.15) is 0 Å². The van der Waals surface area contributed by atoms with Gasteiger partial charge in [-0.3, -0.25) is 4.90 Å². The van der Waals surface area contributed by atoms with Crippen LogP contribution in [-0.2, 0) is 24.7 Å². The third-order valence-corrected chi connectivity index (χ3v) is 10.3. The zero-order valence-corrected chi connectivity index (χ0v) is 24.7. The summed E-state index contributed by atoms with van der Waals surface area (Å²) in [6, 6.07) is 10.7. The quantitative estimate of drug-likeness (QED) is 0.290. The van der Waals surface area contributed by atoms with Crippen LogP contribution >= 0.6 is 0 Å². The highest BCUT2D eigenvalue weighted by atomic mass is 127. The minimum Gasteiger partial charge on any atom is -1.00 e. The molecule has 38 heavy (non-hydrogen) atoms. The number of quaternary nitrogens is 1. The van der Waals surface area contributed by atoms with E-state index in [1.54, 1.807) is 6.07 Å². The van der Waals surface area contributed by atoms with Gasteiger partial charge in [-0.05, 0) is 73.0 Å². The molecule has 2 aromatic carbocycles. The van der Waals surface area contributed by atoms with Crippen molar-refractivity contribution >= 4 is 10.9 Å². The number of aliphatic hydroxyl groups is 1. The van der Waals surface area contributed by atoms with Crippen molar-refractivity contribution in [1.29, 1.82) is 0 Å². The van der Waals surface area contributed by atoms with E-state index in [0.717, 1.165) is 66.1 Å². The van der Waals surface area contributed by atoms with Crippen molar-refractivity contribution in [2.45, 2.75) is 61.7 Å². The number of piperidine rings is 1. The molecule has 8 rings (SSSR count). The molecule has 0 radical (unpaired) electrons. The largest absolute Gasteiger partial charge is 1.00 e. The van der Waals surface area contributed by atoms with Gasteiger partial charge in [0.2, 0.25) is 0 Å². The maximum absolute atomic E-state index is 13.0. The first-order chi connectivity index (χ1) is 17.7. The Labute approximate surface area is 241 Å². The SMILES string of the molecule is C[N+](C)(C)CCc1ccc2[nH]c3c(c2c1)C[C@@]1(O)[C@H]2Cc4ccc(O)c5c4[C@@]1(CCN2CC1CC1)[C@H]3O5.[I-]. The molecule has 0 amide bonds. The summed E-state index contributed by atoms with van der Waals surface area (Å²) in [5, 5.41) is 25.1. The number of nitrogens with zero attached hydrogens (tertiary/aromatic N) is 2. The van der Waals surface area contributed by atoms with E-state index < -0.39 is 11.0 Å². The molecular formula is C31H38IN3O3. The van der Waals surface area contributed by atoms with Crippen molar-refractivity contribution < 1.29 is 43.4 Å². The second kappa shape index (κ2) is 8.12. The number of aromatic nitrogens is 1. The predicted octanol–water partition coefficient (Wildman–Crippen LogP) is 0.825. The number of likely N-dealkylation sites (N-methyl/N-ethyl adjacent to an activating group) is 1. The lowest BCUT2D eigenvalue weighted by molar-refractivity contribution is -0.870. The van der Waals surface area contributed by atoms with Crippen LogP contribution in [0.2, 0.25) is 0 Å². The summed E-state index contributed by atoms with van der Waals surface area (Å²) in [7, 11) is 6.71. The standard InChI is InChI=1S/C31H37N3O3.HI/c1-34(2,3)13-10-18-6-8-23-21(14-18)22-16-31(36)25-15-20-7-9-24(35)28-26(20)30(31,29(37-28)27(22)32-23)11-12-33(25)17-19-4-5-19;/h6-9,14,19,25,29,32,36H,4-5,10-13,15-17H2,1-3H3;1H/t25-,29+,30+,31-;/m1./s1. The summed E-state index contributed by atoms with van der Waals surface area (Å²) >= 11 is 0. The summed E-state index contributed by atoms with van der Waals surface area (Å²) < 4.78 is 7.65. The predicted molar refractivity (Wildman–Crippen MR) is 143 cm³/mol. The third kappa shape index (κ3) is 3.28. The smallest absolute Gasteiger partial charge is 0.166 e. The van der Waals surface area contributed by atoms with Crippen molar-refractivity contribution in [2.24, 2.45) is 5.92 Å². The summed E-state index contributed by atoms with van der Waals surface area (Å²) in [6.45, 7) is 3.14. The second-order valence-electron chi connectivity index (χ2n) is 13.6. The Kier molecular flexibility index (Phi) is 5.38. The molecule has 4 atom stereocenters. The Morgan fingerprint density at radius 1 is 1.16 bits per heavy atom. The summed E-state index contributed by atoms with van der Waals surface area (Å²) in [5.41, 5.74) is 5.62. The van der Waals surface area contributed by atoms with Gasteiger partial charge in [0.05, 0.1) is 44.4 Å². The first-order valence-corrected chi connectivity index (χ1v) is 14.1. The average Bonchev–Trinajstić information content (AvgIpc) is 3.49. The van der Waals surface area contributed by atoms with E-state index in [9.17, 15) is 10.2 Å². The number of halogens is 1. The molecule has 2 bridgehead atoms. The van der Waals surface area contributed by atoms with E-state index in [2.05, 4.69) is 55.3 Å². The molecule has 3 aromatic rings. The van der Waals surface area contributed by atoms with E-state index in [1.807, 2.05) is 0 Å². The molecule has 7 heteroatoms. The number of benzene rings is 2. The van der Waals surface area contributed by atoms with E-state index in [4.69, 9.17) is 4.74 Å². The number of hydrogen-bond acceptors (Lipinski definition) is 4. The van der Waals surface area contributed by atoms with Crippen molar-refractivity contribution in [3.8, 4) is 11.5 Å². The lowest BCUT2D eigenvalue weighted by Gasteiger charge is -2.62. The van der Waals surface area contributed by atoms with Gasteiger partial charge in [0, 0.05) is 41.9 Å². The van der Waals surface area contributed by atoms with Crippen LogP contribution in [0.25, 0.3) is 10.9 Å². The summed E-state index contributed by atoms with van der Waals surface area (Å²) in [4.78, 5) is 6.34. The molecule has 0 unspecified atom stereocenters. The van der Waals surface area contributed by atoms with Crippen molar-refractivity contribution in [1.82, 2.24) is 9.88 Å². The molecule has 1 spiro atoms. The fraction of sp³-hybridized carbons (Fsp3) is 0.548. The Balaban J connectivity index is 0.00000242. The molecule has 3 heterocycles. The Hall–Kier alpha value is -1.81. The van der Waals surface area contributed by atoms with Crippen LogP contribution in [-0.4, -0.2) is 77.0 Å². The second-order valence-corrected chi connectivity index (χ2v) is 13.6. The monoisotopic (exact) mass is 627 g/mol. The number of ether oxygens (including phenoxy) is 1. The van der Waals surface area contributed by atoms with E-state index >= 15 is 0 Å². The molecule has 3 aliphatic carbocycles. The number of rotatable bonds is 5. The maximum Gasteiger partial charge on any atom is 0.166 e. The number of likely N-dealkylation sites (tertiary alicyclic amines) is 1. The minimum absolute atomic E-state index is 0. The molecule has 3 N–H and O–H groups in total. The molecule has 5 aliphatic rings.